The van der Waals surface area contributed by atoms with Crippen molar-refractivity contribution in [3.8, 4) is 5.75 Å². The molecular weight excluding hydrogens is 240 g/mol. The molecule has 2 aromatic rings. The number of aryl methyl sites for hydroxylation is 1. The highest BCUT2D eigenvalue weighted by molar-refractivity contribution is 6.31. The Kier molecular flexibility index (Phi) is 3.58. The molecule has 6 heteroatoms. The molecule has 1 aromatic heterocycles. The fraction of sp³-hybridized carbons (Fsp3) is 0.364. The van der Waals surface area contributed by atoms with Crippen molar-refractivity contribution in [2.45, 2.75) is 19.9 Å². The van der Waals surface area contributed by atoms with Crippen LogP contribution in [-0.4, -0.2) is 27.3 Å². The molecule has 0 aliphatic carbocycles. The fourth-order valence-corrected chi connectivity index (χ4v) is 1.77. The zero-order valence-corrected chi connectivity index (χ0v) is 10.5. The van der Waals surface area contributed by atoms with Gasteiger partial charge in [0.25, 0.3) is 0 Å². The summed E-state index contributed by atoms with van der Waals surface area (Å²) in [5, 5.41) is 12.2. The maximum Gasteiger partial charge on any atom is 0.151 e. The number of nitrogens with zero attached hydrogens (tertiary/aromatic N) is 4. The predicted octanol–water partition coefficient (Wildman–Crippen LogP) is 1.95. The lowest BCUT2D eigenvalue weighted by Crippen LogP contribution is -2.06. The number of methoxy groups -OCH3 is 1. The third kappa shape index (κ3) is 2.55. The molecule has 0 N–H and O–H groups in total. The van der Waals surface area contributed by atoms with Crippen LogP contribution in [0.3, 0.4) is 0 Å². The van der Waals surface area contributed by atoms with Gasteiger partial charge in [-0.3, -0.25) is 0 Å². The molecule has 0 radical (unpaired) electrons. The van der Waals surface area contributed by atoms with E-state index >= 15 is 0 Å². The van der Waals surface area contributed by atoms with Gasteiger partial charge in [-0.05, 0) is 28.1 Å². The van der Waals surface area contributed by atoms with Crippen LogP contribution in [0.25, 0.3) is 0 Å². The molecule has 0 spiro atoms. The van der Waals surface area contributed by atoms with E-state index in [0.29, 0.717) is 11.6 Å². The number of rotatable bonds is 4. The predicted molar refractivity (Wildman–Crippen MR) is 64.3 cm³/mol. The summed E-state index contributed by atoms with van der Waals surface area (Å²) in [6.07, 6.45) is 0.792. The third-order valence-electron chi connectivity index (χ3n) is 2.50. The molecule has 2 rings (SSSR count). The van der Waals surface area contributed by atoms with Crippen LogP contribution < -0.4 is 4.74 Å². The molecule has 0 amide bonds. The molecule has 0 fully saturated rings. The summed E-state index contributed by atoms with van der Waals surface area (Å²) >= 11 is 6.16. The third-order valence-corrected chi connectivity index (χ3v) is 2.85. The number of hydrogen-bond donors (Lipinski definition) is 0. The van der Waals surface area contributed by atoms with Crippen LogP contribution in [0.2, 0.25) is 5.02 Å². The van der Waals surface area contributed by atoms with Gasteiger partial charge < -0.3 is 4.74 Å². The summed E-state index contributed by atoms with van der Waals surface area (Å²) in [6.45, 7) is 2.58. The van der Waals surface area contributed by atoms with Gasteiger partial charge in [0.05, 0.1) is 13.7 Å². The van der Waals surface area contributed by atoms with Gasteiger partial charge in [-0.2, -0.15) is 0 Å². The number of ether oxygens (including phenoxy) is 1. The zero-order chi connectivity index (χ0) is 12.3. The summed E-state index contributed by atoms with van der Waals surface area (Å²) in [5.74, 6) is 1.59. The molecule has 0 saturated heterocycles. The SMILES string of the molecule is CCc1nnnn1Cc1ccc(OC)cc1Cl. The normalized spacial score (nSPS) is 10.5. The maximum absolute atomic E-state index is 6.16. The van der Waals surface area contributed by atoms with Crippen LogP contribution in [0.5, 0.6) is 5.75 Å². The summed E-state index contributed by atoms with van der Waals surface area (Å²) in [7, 11) is 1.61. The highest BCUT2D eigenvalue weighted by Crippen LogP contribution is 2.23. The number of aromatic nitrogens is 4. The van der Waals surface area contributed by atoms with Crippen molar-refractivity contribution in [1.82, 2.24) is 20.2 Å². The van der Waals surface area contributed by atoms with Gasteiger partial charge in [0.2, 0.25) is 0 Å². The van der Waals surface area contributed by atoms with E-state index in [1.54, 1.807) is 17.9 Å². The zero-order valence-electron chi connectivity index (χ0n) is 9.72. The molecule has 1 aromatic carbocycles. The molecular formula is C11H13ClN4O. The molecule has 0 aliphatic rings. The number of halogens is 1. The molecule has 90 valence electrons. The van der Waals surface area contributed by atoms with Crippen LogP contribution in [0.15, 0.2) is 18.2 Å². The molecule has 17 heavy (non-hydrogen) atoms. The fourth-order valence-electron chi connectivity index (χ4n) is 1.54. The highest BCUT2D eigenvalue weighted by Gasteiger charge is 2.07. The van der Waals surface area contributed by atoms with E-state index in [9.17, 15) is 0 Å². The Hall–Kier alpha value is -1.62. The van der Waals surface area contributed by atoms with Crippen molar-refractivity contribution in [3.63, 3.8) is 0 Å². The topological polar surface area (TPSA) is 52.8 Å². The molecule has 0 atom stereocenters. The average molecular weight is 253 g/mol. The van der Waals surface area contributed by atoms with Crippen molar-refractivity contribution in [1.29, 1.82) is 0 Å². The standard InChI is InChI=1S/C11H13ClN4O/c1-3-11-13-14-15-16(11)7-8-4-5-9(17-2)6-10(8)12/h4-6H,3,7H2,1-2H3. The Bertz CT molecular complexity index is 512. The van der Waals surface area contributed by atoms with Crippen LogP contribution in [0.4, 0.5) is 0 Å². The molecule has 0 saturated carbocycles. The lowest BCUT2D eigenvalue weighted by Gasteiger charge is -2.07. The summed E-state index contributed by atoms with van der Waals surface area (Å²) in [5.41, 5.74) is 0.967. The Morgan fingerprint density at radius 2 is 2.24 bits per heavy atom. The molecule has 5 nitrogen and oxygen atoms in total. The van der Waals surface area contributed by atoms with E-state index in [4.69, 9.17) is 16.3 Å². The second-order valence-electron chi connectivity index (χ2n) is 3.56. The first-order valence-electron chi connectivity index (χ1n) is 5.32. The van der Waals surface area contributed by atoms with Crippen molar-refractivity contribution in [2.24, 2.45) is 0 Å². The van der Waals surface area contributed by atoms with E-state index in [2.05, 4.69) is 15.5 Å². The minimum Gasteiger partial charge on any atom is -0.497 e. The first-order valence-corrected chi connectivity index (χ1v) is 5.70. The Balaban J connectivity index is 2.24. The van der Waals surface area contributed by atoms with Crippen LogP contribution in [0, 0.1) is 0 Å². The second kappa shape index (κ2) is 5.14. The Morgan fingerprint density at radius 3 is 2.88 bits per heavy atom. The number of tetrazole rings is 1. The first-order chi connectivity index (χ1) is 8.24. The summed E-state index contributed by atoms with van der Waals surface area (Å²) < 4.78 is 6.84. The van der Waals surface area contributed by atoms with E-state index in [1.807, 2.05) is 19.1 Å². The maximum atomic E-state index is 6.16. The van der Waals surface area contributed by atoms with Crippen molar-refractivity contribution in [3.05, 3.63) is 34.6 Å². The quantitative estimate of drug-likeness (QED) is 0.835. The first kappa shape index (κ1) is 11.9. The highest BCUT2D eigenvalue weighted by atomic mass is 35.5. The smallest absolute Gasteiger partial charge is 0.151 e. The monoisotopic (exact) mass is 252 g/mol. The molecule has 0 unspecified atom stereocenters. The number of hydrogen-bond acceptors (Lipinski definition) is 4. The van der Waals surface area contributed by atoms with Gasteiger partial charge in [0.15, 0.2) is 5.82 Å². The van der Waals surface area contributed by atoms with Crippen LogP contribution >= 0.6 is 11.6 Å². The van der Waals surface area contributed by atoms with Gasteiger partial charge in [-0.25, -0.2) is 4.68 Å². The van der Waals surface area contributed by atoms with Gasteiger partial charge in [-0.1, -0.05) is 24.6 Å². The largest absolute Gasteiger partial charge is 0.497 e. The summed E-state index contributed by atoms with van der Waals surface area (Å²) in [4.78, 5) is 0. The van der Waals surface area contributed by atoms with E-state index in [1.165, 1.54) is 0 Å². The second-order valence-corrected chi connectivity index (χ2v) is 3.97. The Labute approximate surface area is 104 Å². The Morgan fingerprint density at radius 1 is 1.41 bits per heavy atom. The van der Waals surface area contributed by atoms with Crippen LogP contribution in [0.1, 0.15) is 18.3 Å². The van der Waals surface area contributed by atoms with Crippen molar-refractivity contribution >= 4 is 11.6 Å². The molecule has 1 heterocycles. The average Bonchev–Trinajstić information content (AvgIpc) is 2.79. The molecule has 0 bridgehead atoms. The van der Waals surface area contributed by atoms with Gasteiger partial charge in [0.1, 0.15) is 5.75 Å². The minimum absolute atomic E-state index is 0.568. The lowest BCUT2D eigenvalue weighted by molar-refractivity contribution is 0.414. The van der Waals surface area contributed by atoms with Gasteiger partial charge in [-0.15, -0.1) is 5.10 Å². The van der Waals surface area contributed by atoms with Gasteiger partial charge >= 0.3 is 0 Å². The van der Waals surface area contributed by atoms with Crippen molar-refractivity contribution in [2.75, 3.05) is 7.11 Å². The van der Waals surface area contributed by atoms with E-state index < -0.39 is 0 Å². The van der Waals surface area contributed by atoms with Crippen LogP contribution in [-0.2, 0) is 13.0 Å². The number of benzene rings is 1. The summed E-state index contributed by atoms with van der Waals surface area (Å²) in [6, 6.07) is 5.58. The van der Waals surface area contributed by atoms with Crippen molar-refractivity contribution < 1.29 is 4.74 Å². The lowest BCUT2D eigenvalue weighted by atomic mass is 10.2. The van der Waals surface area contributed by atoms with E-state index in [0.717, 1.165) is 23.6 Å². The van der Waals surface area contributed by atoms with Gasteiger partial charge in [0, 0.05) is 11.4 Å². The molecule has 0 aliphatic heterocycles. The van der Waals surface area contributed by atoms with E-state index in [-0.39, 0.29) is 0 Å². The minimum atomic E-state index is 0.568.